The fourth-order valence-electron chi connectivity index (χ4n) is 3.54. The minimum absolute atomic E-state index is 0.327. The lowest BCUT2D eigenvalue weighted by Crippen LogP contribution is -2.08. The zero-order valence-corrected chi connectivity index (χ0v) is 15.6. The monoisotopic (exact) mass is 367 g/mol. The third-order valence-corrected chi connectivity index (χ3v) is 4.93. The Morgan fingerprint density at radius 3 is 2.63 bits per heavy atom. The Hall–Kier alpha value is -2.95. The van der Waals surface area contributed by atoms with E-state index in [0.717, 1.165) is 30.4 Å². The molecule has 0 amide bonds. The molecule has 2 N–H and O–H groups in total. The van der Waals surface area contributed by atoms with Crippen LogP contribution in [0.15, 0.2) is 47.7 Å². The molecular weight excluding hydrogens is 344 g/mol. The van der Waals surface area contributed by atoms with E-state index in [1.807, 2.05) is 6.07 Å². The van der Waals surface area contributed by atoms with Gasteiger partial charge in [0.1, 0.15) is 11.6 Å². The number of hydrogen-bond acceptors (Lipinski definition) is 3. The van der Waals surface area contributed by atoms with E-state index < -0.39 is 0 Å². The van der Waals surface area contributed by atoms with Crippen molar-refractivity contribution >= 4 is 23.7 Å². The van der Waals surface area contributed by atoms with Crippen LogP contribution >= 0.6 is 0 Å². The summed E-state index contributed by atoms with van der Waals surface area (Å²) in [4.78, 5) is 3.84. The van der Waals surface area contributed by atoms with Gasteiger partial charge in [0.2, 0.25) is 0 Å². The number of hydrogen-bond donors (Lipinski definition) is 2. The smallest absolute Gasteiger partial charge is 0.149 e. The molecule has 0 aromatic heterocycles. The average molecular weight is 367 g/mol. The van der Waals surface area contributed by atoms with Crippen LogP contribution in [-0.4, -0.2) is 13.8 Å². The molecule has 0 unspecified atom stereocenters. The van der Waals surface area contributed by atoms with Crippen LogP contribution < -0.4 is 10.6 Å². The lowest BCUT2D eigenvalue weighted by atomic mass is 9.99. The minimum atomic E-state index is -0.343. The quantitative estimate of drug-likeness (QED) is 0.525. The molecule has 27 heavy (non-hydrogen) atoms. The van der Waals surface area contributed by atoms with Crippen molar-refractivity contribution in [2.24, 2.45) is 4.99 Å². The Balaban J connectivity index is 2.03. The maximum Gasteiger partial charge on any atom is 0.149 e. The fraction of sp³-hybridized carbons (Fsp3) is 0.227. The highest BCUT2D eigenvalue weighted by Crippen LogP contribution is 2.36. The van der Waals surface area contributed by atoms with Gasteiger partial charge in [-0.1, -0.05) is 24.8 Å². The number of aliphatic imine (C=N–C) groups is 1. The fourth-order valence-corrected chi connectivity index (χ4v) is 3.54. The van der Waals surface area contributed by atoms with Crippen molar-refractivity contribution < 1.29 is 8.78 Å². The summed E-state index contributed by atoms with van der Waals surface area (Å²) in [5.74, 6) is -0.670. The molecule has 0 saturated heterocycles. The molecule has 0 saturated carbocycles. The molecule has 5 heteroatoms. The summed E-state index contributed by atoms with van der Waals surface area (Å²) in [5, 5.41) is 6.00. The van der Waals surface area contributed by atoms with Gasteiger partial charge < -0.3 is 10.6 Å². The normalized spacial score (nSPS) is 13.3. The topological polar surface area (TPSA) is 36.4 Å². The van der Waals surface area contributed by atoms with E-state index in [9.17, 15) is 8.78 Å². The number of allylic oxidation sites excluding steroid dienone is 1. The van der Waals surface area contributed by atoms with E-state index in [1.54, 1.807) is 26.1 Å². The van der Waals surface area contributed by atoms with Crippen LogP contribution in [0.4, 0.5) is 20.2 Å². The Morgan fingerprint density at radius 2 is 1.93 bits per heavy atom. The third kappa shape index (κ3) is 3.50. The first kappa shape index (κ1) is 18.8. The van der Waals surface area contributed by atoms with Gasteiger partial charge in [0.15, 0.2) is 0 Å². The van der Waals surface area contributed by atoms with Crippen LogP contribution in [0, 0.1) is 18.6 Å². The van der Waals surface area contributed by atoms with Gasteiger partial charge in [-0.3, -0.25) is 4.99 Å². The molecule has 0 heterocycles. The summed E-state index contributed by atoms with van der Waals surface area (Å²) in [6, 6.07) is 6.79. The number of rotatable bonds is 6. The molecule has 3 nitrogen and oxygen atoms in total. The summed E-state index contributed by atoms with van der Waals surface area (Å²) >= 11 is 0. The van der Waals surface area contributed by atoms with Gasteiger partial charge in [0.25, 0.3) is 0 Å². The van der Waals surface area contributed by atoms with Crippen molar-refractivity contribution in [1.29, 1.82) is 0 Å². The molecule has 1 aliphatic rings. The predicted octanol–water partition coefficient (Wildman–Crippen LogP) is 5.47. The van der Waals surface area contributed by atoms with E-state index in [1.165, 1.54) is 12.3 Å². The maximum absolute atomic E-state index is 14.6. The summed E-state index contributed by atoms with van der Waals surface area (Å²) < 4.78 is 29.0. The molecule has 3 rings (SSSR count). The van der Waals surface area contributed by atoms with E-state index in [4.69, 9.17) is 0 Å². The molecule has 0 radical (unpaired) electrons. The van der Waals surface area contributed by atoms with Crippen molar-refractivity contribution in [2.75, 3.05) is 17.7 Å². The molecule has 0 spiro atoms. The molecule has 0 atom stereocenters. The molecule has 2 aromatic rings. The summed E-state index contributed by atoms with van der Waals surface area (Å²) in [7, 11) is 1.65. The lowest BCUT2D eigenvalue weighted by Gasteiger charge is -2.19. The zero-order valence-electron chi connectivity index (χ0n) is 15.6. The van der Waals surface area contributed by atoms with Gasteiger partial charge in [0, 0.05) is 30.1 Å². The second-order valence-corrected chi connectivity index (χ2v) is 6.61. The number of aryl methyl sites for hydroxylation is 2. The summed E-state index contributed by atoms with van der Waals surface area (Å²) in [5.41, 5.74) is 4.99. The van der Waals surface area contributed by atoms with Crippen LogP contribution in [0.25, 0.3) is 5.57 Å². The SMILES string of the molecule is C=N/C=C(\C(=C)Nc1c(F)ccc2c1CCC2)c1ccc(C)c(F)c1NC. The molecule has 0 aliphatic heterocycles. The van der Waals surface area contributed by atoms with Gasteiger partial charge in [-0.25, -0.2) is 8.78 Å². The Morgan fingerprint density at radius 1 is 1.15 bits per heavy atom. The molecule has 0 fully saturated rings. The highest BCUT2D eigenvalue weighted by Gasteiger charge is 2.21. The van der Waals surface area contributed by atoms with Crippen molar-refractivity contribution in [3.8, 4) is 0 Å². The molecule has 2 aromatic carbocycles. The Kier molecular flexibility index (Phi) is 5.40. The average Bonchev–Trinajstić information content (AvgIpc) is 3.13. The second-order valence-electron chi connectivity index (χ2n) is 6.61. The lowest BCUT2D eigenvalue weighted by molar-refractivity contribution is 0.621. The summed E-state index contributed by atoms with van der Waals surface area (Å²) in [6.45, 7) is 9.26. The number of nitrogens with one attached hydrogen (secondary N) is 2. The Labute approximate surface area is 158 Å². The largest absolute Gasteiger partial charge is 0.385 e. The summed E-state index contributed by atoms with van der Waals surface area (Å²) in [6.07, 6.45) is 4.27. The van der Waals surface area contributed by atoms with Crippen LogP contribution in [0.5, 0.6) is 0 Å². The number of halogens is 2. The van der Waals surface area contributed by atoms with E-state index >= 15 is 0 Å². The second kappa shape index (κ2) is 7.74. The first-order chi connectivity index (χ1) is 13.0. The van der Waals surface area contributed by atoms with E-state index in [2.05, 4.69) is 28.9 Å². The molecule has 1 aliphatic carbocycles. The van der Waals surface area contributed by atoms with Crippen LogP contribution in [0.2, 0.25) is 0 Å². The van der Waals surface area contributed by atoms with Gasteiger partial charge in [0.05, 0.1) is 11.4 Å². The number of nitrogens with zero attached hydrogens (tertiary/aromatic N) is 1. The highest BCUT2D eigenvalue weighted by molar-refractivity contribution is 5.88. The van der Waals surface area contributed by atoms with Gasteiger partial charge in [-0.05, 0) is 55.7 Å². The third-order valence-electron chi connectivity index (χ3n) is 4.93. The molecular formula is C22H23F2N3. The number of benzene rings is 2. The first-order valence-corrected chi connectivity index (χ1v) is 8.87. The van der Waals surface area contributed by atoms with Crippen molar-refractivity contribution in [2.45, 2.75) is 26.2 Å². The molecule has 0 bridgehead atoms. The standard InChI is InChI=1S/C22H23F2N3/c1-13-8-10-17(22(26-4)20(13)24)18(12-25-3)14(2)27-21-16-7-5-6-15(16)9-11-19(21)23/h8-12,26-27H,2-3,5-7H2,1,4H3/b18-12+. The van der Waals surface area contributed by atoms with Crippen molar-refractivity contribution in [1.82, 2.24) is 0 Å². The highest BCUT2D eigenvalue weighted by atomic mass is 19.1. The van der Waals surface area contributed by atoms with E-state index in [-0.39, 0.29) is 11.6 Å². The number of fused-ring (bicyclic) bond motifs is 1. The van der Waals surface area contributed by atoms with Crippen LogP contribution in [0.1, 0.15) is 28.7 Å². The predicted molar refractivity (Wildman–Crippen MR) is 109 cm³/mol. The minimum Gasteiger partial charge on any atom is -0.385 e. The van der Waals surface area contributed by atoms with E-state index in [0.29, 0.717) is 33.8 Å². The Bertz CT molecular complexity index is 945. The van der Waals surface area contributed by atoms with Gasteiger partial charge in [-0.15, -0.1) is 0 Å². The molecule has 140 valence electrons. The van der Waals surface area contributed by atoms with Gasteiger partial charge >= 0.3 is 0 Å². The van der Waals surface area contributed by atoms with Crippen molar-refractivity contribution in [3.63, 3.8) is 0 Å². The number of anilines is 2. The first-order valence-electron chi connectivity index (χ1n) is 8.87. The maximum atomic E-state index is 14.6. The van der Waals surface area contributed by atoms with Crippen LogP contribution in [-0.2, 0) is 12.8 Å². The van der Waals surface area contributed by atoms with Crippen molar-refractivity contribution in [3.05, 3.63) is 76.6 Å². The van der Waals surface area contributed by atoms with Crippen LogP contribution in [0.3, 0.4) is 0 Å². The zero-order chi connectivity index (χ0) is 19.6. The van der Waals surface area contributed by atoms with Gasteiger partial charge in [-0.2, -0.15) is 0 Å².